The molecule has 82 valence electrons. The molecule has 4 atom stereocenters. The third-order valence-electron chi connectivity index (χ3n) is 3.81. The summed E-state index contributed by atoms with van der Waals surface area (Å²) in [6, 6.07) is 0. The van der Waals surface area contributed by atoms with E-state index in [4.69, 9.17) is 0 Å². The molecule has 0 fully saturated rings. The van der Waals surface area contributed by atoms with Crippen molar-refractivity contribution in [2.75, 3.05) is 0 Å². The molecular formula is C12H22O2. The highest BCUT2D eigenvalue weighted by Crippen LogP contribution is 2.37. The second kappa shape index (κ2) is 4.45. The molecular weight excluding hydrogens is 176 g/mol. The number of hydrogen-bond acceptors (Lipinski definition) is 2. The van der Waals surface area contributed by atoms with Gasteiger partial charge in [0.25, 0.3) is 0 Å². The van der Waals surface area contributed by atoms with Crippen LogP contribution >= 0.6 is 0 Å². The summed E-state index contributed by atoms with van der Waals surface area (Å²) in [5, 5.41) is 20.1. The van der Waals surface area contributed by atoms with Gasteiger partial charge in [-0.1, -0.05) is 26.7 Å². The number of rotatable bonds is 2. The SMILES string of the molecule is CCC1C(O)C(C)=C(C)[C@H](O)C1CC. The third-order valence-corrected chi connectivity index (χ3v) is 3.81. The van der Waals surface area contributed by atoms with Crippen LogP contribution in [0.3, 0.4) is 0 Å². The summed E-state index contributed by atoms with van der Waals surface area (Å²) in [5.74, 6) is 0.442. The summed E-state index contributed by atoms with van der Waals surface area (Å²) >= 11 is 0. The normalized spacial score (nSPS) is 39.0. The Morgan fingerprint density at radius 2 is 1.14 bits per heavy atom. The maximum absolute atomic E-state index is 10.1. The van der Waals surface area contributed by atoms with Crippen molar-refractivity contribution in [2.45, 2.75) is 52.7 Å². The Kier molecular flexibility index (Phi) is 3.73. The molecule has 0 aromatic heterocycles. The predicted octanol–water partition coefficient (Wildman–Crippen LogP) is 2.11. The van der Waals surface area contributed by atoms with Gasteiger partial charge in [-0.3, -0.25) is 0 Å². The Balaban J connectivity index is 3.01. The predicted molar refractivity (Wildman–Crippen MR) is 57.9 cm³/mol. The minimum absolute atomic E-state index is 0.221. The van der Waals surface area contributed by atoms with E-state index in [0.717, 1.165) is 24.0 Å². The summed E-state index contributed by atoms with van der Waals surface area (Å²) < 4.78 is 0. The van der Waals surface area contributed by atoms with E-state index in [1.54, 1.807) is 0 Å². The molecule has 0 bridgehead atoms. The van der Waals surface area contributed by atoms with Gasteiger partial charge in [0.05, 0.1) is 12.2 Å². The van der Waals surface area contributed by atoms with Gasteiger partial charge in [0.1, 0.15) is 0 Å². The summed E-state index contributed by atoms with van der Waals surface area (Å²) in [7, 11) is 0. The molecule has 1 rings (SSSR count). The minimum atomic E-state index is -0.353. The molecule has 3 unspecified atom stereocenters. The first-order chi connectivity index (χ1) is 6.54. The summed E-state index contributed by atoms with van der Waals surface area (Å²) in [6.07, 6.45) is 1.16. The van der Waals surface area contributed by atoms with Crippen LogP contribution in [0.4, 0.5) is 0 Å². The molecule has 0 spiro atoms. The largest absolute Gasteiger partial charge is 0.388 e. The van der Waals surface area contributed by atoms with Crippen molar-refractivity contribution in [1.29, 1.82) is 0 Å². The topological polar surface area (TPSA) is 40.5 Å². The second-order valence-electron chi connectivity index (χ2n) is 4.40. The van der Waals surface area contributed by atoms with Gasteiger partial charge >= 0.3 is 0 Å². The highest BCUT2D eigenvalue weighted by molar-refractivity contribution is 5.24. The molecule has 0 aromatic rings. The van der Waals surface area contributed by atoms with Gasteiger partial charge in [-0.15, -0.1) is 0 Å². The summed E-state index contributed by atoms with van der Waals surface area (Å²) in [4.78, 5) is 0. The fraction of sp³-hybridized carbons (Fsp3) is 0.833. The highest BCUT2D eigenvalue weighted by Gasteiger charge is 2.37. The van der Waals surface area contributed by atoms with Gasteiger partial charge in [0, 0.05) is 0 Å². The Hall–Kier alpha value is -0.340. The first kappa shape index (κ1) is 11.7. The molecule has 1 aliphatic carbocycles. The lowest BCUT2D eigenvalue weighted by atomic mass is 9.70. The van der Waals surface area contributed by atoms with Crippen LogP contribution in [0.1, 0.15) is 40.5 Å². The summed E-state index contributed by atoms with van der Waals surface area (Å²) in [6.45, 7) is 8.02. The molecule has 1 aliphatic rings. The van der Waals surface area contributed by atoms with Gasteiger partial charge in [-0.2, -0.15) is 0 Å². The highest BCUT2D eigenvalue weighted by atomic mass is 16.3. The van der Waals surface area contributed by atoms with Crippen molar-refractivity contribution in [3.8, 4) is 0 Å². The van der Waals surface area contributed by atoms with Crippen molar-refractivity contribution >= 4 is 0 Å². The Bertz CT molecular complexity index is 208. The maximum atomic E-state index is 10.1. The quantitative estimate of drug-likeness (QED) is 0.667. The zero-order valence-corrected chi connectivity index (χ0v) is 9.62. The first-order valence-corrected chi connectivity index (χ1v) is 5.57. The van der Waals surface area contributed by atoms with E-state index in [-0.39, 0.29) is 24.0 Å². The van der Waals surface area contributed by atoms with Gasteiger partial charge in [-0.25, -0.2) is 0 Å². The Morgan fingerprint density at radius 1 is 0.857 bits per heavy atom. The fourth-order valence-electron chi connectivity index (χ4n) is 2.63. The zero-order chi connectivity index (χ0) is 10.9. The molecule has 0 saturated carbocycles. The third kappa shape index (κ3) is 1.73. The molecule has 2 heteroatoms. The van der Waals surface area contributed by atoms with Gasteiger partial charge < -0.3 is 10.2 Å². The van der Waals surface area contributed by atoms with Gasteiger partial charge in [0.15, 0.2) is 0 Å². The van der Waals surface area contributed by atoms with Crippen molar-refractivity contribution in [3.05, 3.63) is 11.1 Å². The first-order valence-electron chi connectivity index (χ1n) is 5.57. The smallest absolute Gasteiger partial charge is 0.0782 e. The molecule has 0 aromatic carbocycles. The number of hydrogen-bond donors (Lipinski definition) is 2. The van der Waals surface area contributed by atoms with E-state index in [0.29, 0.717) is 0 Å². The van der Waals surface area contributed by atoms with Crippen LogP contribution in [0.5, 0.6) is 0 Å². The average Bonchev–Trinajstić information content (AvgIpc) is 2.20. The molecule has 0 radical (unpaired) electrons. The van der Waals surface area contributed by atoms with Gasteiger partial charge in [0.2, 0.25) is 0 Å². The molecule has 2 nitrogen and oxygen atoms in total. The lowest BCUT2D eigenvalue weighted by Crippen LogP contribution is -2.41. The van der Waals surface area contributed by atoms with E-state index in [1.807, 2.05) is 13.8 Å². The maximum Gasteiger partial charge on any atom is 0.0782 e. The van der Waals surface area contributed by atoms with Crippen LogP contribution in [-0.4, -0.2) is 22.4 Å². The molecule has 0 saturated heterocycles. The average molecular weight is 198 g/mol. The van der Waals surface area contributed by atoms with Gasteiger partial charge in [-0.05, 0) is 36.8 Å². The fourth-order valence-corrected chi connectivity index (χ4v) is 2.63. The molecule has 0 heterocycles. The minimum Gasteiger partial charge on any atom is -0.388 e. The monoisotopic (exact) mass is 198 g/mol. The molecule has 2 N–H and O–H groups in total. The standard InChI is InChI=1S/C12H22O2/c1-5-9-10(6-2)12(14)8(4)7(3)11(9)13/h9-14H,5-6H2,1-4H3/t9?,10?,11-,12?/m0/s1. The van der Waals surface area contributed by atoms with Crippen molar-refractivity contribution in [2.24, 2.45) is 11.8 Å². The van der Waals surface area contributed by atoms with E-state index < -0.39 is 0 Å². The van der Waals surface area contributed by atoms with Crippen molar-refractivity contribution in [3.63, 3.8) is 0 Å². The van der Waals surface area contributed by atoms with E-state index in [9.17, 15) is 10.2 Å². The van der Waals surface area contributed by atoms with Crippen LogP contribution in [0.15, 0.2) is 11.1 Å². The van der Waals surface area contributed by atoms with E-state index in [2.05, 4.69) is 13.8 Å². The van der Waals surface area contributed by atoms with Crippen LogP contribution in [0.25, 0.3) is 0 Å². The molecule has 14 heavy (non-hydrogen) atoms. The number of aliphatic hydroxyl groups is 2. The van der Waals surface area contributed by atoms with Crippen molar-refractivity contribution in [1.82, 2.24) is 0 Å². The van der Waals surface area contributed by atoms with Crippen molar-refractivity contribution < 1.29 is 10.2 Å². The van der Waals surface area contributed by atoms with E-state index in [1.165, 1.54) is 0 Å². The van der Waals surface area contributed by atoms with Crippen LogP contribution in [0.2, 0.25) is 0 Å². The lowest BCUT2D eigenvalue weighted by molar-refractivity contribution is 0.0149. The van der Waals surface area contributed by atoms with Crippen LogP contribution in [0, 0.1) is 11.8 Å². The Labute approximate surface area is 86.6 Å². The lowest BCUT2D eigenvalue weighted by Gasteiger charge is -2.39. The zero-order valence-electron chi connectivity index (χ0n) is 9.62. The van der Waals surface area contributed by atoms with Crippen LogP contribution < -0.4 is 0 Å². The van der Waals surface area contributed by atoms with E-state index >= 15 is 0 Å². The second-order valence-corrected chi connectivity index (χ2v) is 4.40. The van der Waals surface area contributed by atoms with Crippen LogP contribution in [-0.2, 0) is 0 Å². The molecule has 0 aliphatic heterocycles. The Morgan fingerprint density at radius 3 is 1.36 bits per heavy atom. The molecule has 0 amide bonds. The number of aliphatic hydroxyl groups excluding tert-OH is 2. The summed E-state index contributed by atoms with van der Waals surface area (Å²) in [5.41, 5.74) is 1.93.